The summed E-state index contributed by atoms with van der Waals surface area (Å²) in [4.78, 5) is 20.0. The summed E-state index contributed by atoms with van der Waals surface area (Å²) in [7, 11) is 0. The number of furan rings is 1. The second-order valence-electron chi connectivity index (χ2n) is 2.38. The van der Waals surface area contributed by atoms with E-state index in [0.717, 1.165) is 0 Å². The molecule has 0 amide bonds. The van der Waals surface area contributed by atoms with Gasteiger partial charge in [0.15, 0.2) is 5.78 Å². The number of ketones is 1. The molecule has 0 radical (unpaired) electrons. The summed E-state index contributed by atoms with van der Waals surface area (Å²) in [5.74, 6) is -0.177. The van der Waals surface area contributed by atoms with Crippen LogP contribution in [0, 0.1) is 10.1 Å². The Morgan fingerprint density at radius 2 is 2.31 bits per heavy atom. The van der Waals surface area contributed by atoms with Crippen LogP contribution >= 0.6 is 0 Å². The van der Waals surface area contributed by atoms with Crippen molar-refractivity contribution < 1.29 is 14.1 Å². The average Bonchev–Trinajstić information content (AvgIpc) is 2.48. The molecule has 0 saturated heterocycles. The number of nitro groups is 1. The van der Waals surface area contributed by atoms with E-state index in [1.165, 1.54) is 31.2 Å². The minimum absolute atomic E-state index is 0.140. The second kappa shape index (κ2) is 3.66. The second-order valence-corrected chi connectivity index (χ2v) is 2.38. The summed E-state index contributed by atoms with van der Waals surface area (Å²) in [5, 5.41) is 10.2. The fourth-order valence-electron chi connectivity index (χ4n) is 0.729. The molecule has 0 spiro atoms. The number of hydrogen-bond donors (Lipinski definition) is 0. The third-order valence-electron chi connectivity index (χ3n) is 1.27. The van der Waals surface area contributed by atoms with Crippen molar-refractivity contribution in [3.8, 4) is 0 Å². The molecule has 0 atom stereocenters. The van der Waals surface area contributed by atoms with E-state index in [1.54, 1.807) is 0 Å². The van der Waals surface area contributed by atoms with Gasteiger partial charge in [-0.15, -0.1) is 0 Å². The van der Waals surface area contributed by atoms with Crippen LogP contribution in [0.3, 0.4) is 0 Å². The number of nitrogens with zero attached hydrogens (tertiary/aromatic N) is 1. The first kappa shape index (κ1) is 9.18. The molecule has 1 aromatic rings. The lowest BCUT2D eigenvalue weighted by atomic mass is 10.3. The van der Waals surface area contributed by atoms with Crippen molar-refractivity contribution >= 4 is 17.7 Å². The van der Waals surface area contributed by atoms with E-state index in [9.17, 15) is 14.9 Å². The Labute approximate surface area is 73.8 Å². The Morgan fingerprint density at radius 1 is 1.62 bits per heavy atom. The van der Waals surface area contributed by atoms with E-state index in [1.807, 2.05) is 0 Å². The molecule has 0 aliphatic rings. The molecule has 0 unspecified atom stereocenters. The van der Waals surface area contributed by atoms with Gasteiger partial charge in [0, 0.05) is 0 Å². The number of hydrogen-bond acceptors (Lipinski definition) is 4. The Balaban J connectivity index is 2.80. The summed E-state index contributed by atoms with van der Waals surface area (Å²) in [6.07, 6.45) is 2.66. The zero-order valence-corrected chi connectivity index (χ0v) is 6.89. The van der Waals surface area contributed by atoms with Crippen LogP contribution in [0.1, 0.15) is 12.7 Å². The Bertz CT molecular complexity index is 364. The van der Waals surface area contributed by atoms with Gasteiger partial charge < -0.3 is 4.42 Å². The van der Waals surface area contributed by atoms with Crippen LogP contribution in [0.15, 0.2) is 22.6 Å². The van der Waals surface area contributed by atoms with Gasteiger partial charge in [-0.25, -0.2) is 0 Å². The van der Waals surface area contributed by atoms with Gasteiger partial charge >= 0.3 is 5.88 Å². The van der Waals surface area contributed by atoms with Crippen molar-refractivity contribution in [3.63, 3.8) is 0 Å². The van der Waals surface area contributed by atoms with Crippen LogP contribution in [-0.4, -0.2) is 10.7 Å². The summed E-state index contributed by atoms with van der Waals surface area (Å²) in [5.41, 5.74) is 0. The van der Waals surface area contributed by atoms with E-state index >= 15 is 0 Å². The molecule has 0 aliphatic heterocycles. The largest absolute Gasteiger partial charge is 0.433 e. The first-order valence-electron chi connectivity index (χ1n) is 3.52. The highest BCUT2D eigenvalue weighted by Crippen LogP contribution is 2.16. The van der Waals surface area contributed by atoms with Crippen LogP contribution < -0.4 is 0 Å². The van der Waals surface area contributed by atoms with Crippen LogP contribution in [-0.2, 0) is 4.79 Å². The standard InChI is InChI=1S/C8H7NO4/c1-6(10)2-3-7-4-5-8(13-7)9(11)12/h2-5H,1H3/b3-2+. The predicted octanol–water partition coefficient (Wildman–Crippen LogP) is 1.79. The molecule has 1 aromatic heterocycles. The number of carbonyl (C=O) groups excluding carboxylic acids is 1. The maximum atomic E-state index is 10.5. The molecule has 1 heterocycles. The molecule has 0 aromatic carbocycles. The molecule has 0 fully saturated rings. The van der Waals surface area contributed by atoms with Gasteiger partial charge in [0.2, 0.25) is 0 Å². The molecule has 0 aliphatic carbocycles. The van der Waals surface area contributed by atoms with Crippen molar-refractivity contribution in [2.24, 2.45) is 0 Å². The zero-order valence-electron chi connectivity index (χ0n) is 6.89. The van der Waals surface area contributed by atoms with Crippen LogP contribution in [0.2, 0.25) is 0 Å². The minimum Gasteiger partial charge on any atom is -0.401 e. The first-order chi connectivity index (χ1) is 6.09. The SMILES string of the molecule is CC(=O)/C=C/c1ccc([N+](=O)[O-])o1. The first-order valence-corrected chi connectivity index (χ1v) is 3.52. The maximum Gasteiger partial charge on any atom is 0.433 e. The smallest absolute Gasteiger partial charge is 0.401 e. The lowest BCUT2D eigenvalue weighted by Crippen LogP contribution is -1.82. The normalized spacial score (nSPS) is 10.5. The van der Waals surface area contributed by atoms with E-state index in [-0.39, 0.29) is 11.7 Å². The summed E-state index contributed by atoms with van der Waals surface area (Å²) >= 11 is 0. The highest BCUT2D eigenvalue weighted by Gasteiger charge is 2.09. The molecular formula is C8H7NO4. The molecule has 68 valence electrons. The Morgan fingerprint density at radius 3 is 2.77 bits per heavy atom. The van der Waals surface area contributed by atoms with Crippen molar-refractivity contribution in [2.75, 3.05) is 0 Å². The molecule has 0 bridgehead atoms. The number of carbonyl (C=O) groups is 1. The molecule has 0 N–H and O–H groups in total. The molecule has 5 nitrogen and oxygen atoms in total. The highest BCUT2D eigenvalue weighted by molar-refractivity contribution is 5.91. The lowest BCUT2D eigenvalue weighted by Gasteiger charge is -1.82. The summed E-state index contributed by atoms with van der Waals surface area (Å²) in [6, 6.07) is 2.66. The third kappa shape index (κ3) is 2.55. The van der Waals surface area contributed by atoms with Gasteiger partial charge in [0.05, 0.1) is 6.07 Å². The zero-order chi connectivity index (χ0) is 9.84. The average molecular weight is 181 g/mol. The monoisotopic (exact) mass is 181 g/mol. The molecular weight excluding hydrogens is 174 g/mol. The quantitative estimate of drug-likeness (QED) is 0.404. The van der Waals surface area contributed by atoms with Gasteiger partial charge in [-0.2, -0.15) is 0 Å². The van der Waals surface area contributed by atoms with Gasteiger partial charge in [0.25, 0.3) is 0 Å². The van der Waals surface area contributed by atoms with Crippen molar-refractivity contribution in [3.05, 3.63) is 34.1 Å². The van der Waals surface area contributed by atoms with Crippen molar-refractivity contribution in [1.82, 2.24) is 0 Å². The lowest BCUT2D eigenvalue weighted by molar-refractivity contribution is -0.402. The topological polar surface area (TPSA) is 73.3 Å². The third-order valence-corrected chi connectivity index (χ3v) is 1.27. The molecule has 0 saturated carbocycles. The van der Waals surface area contributed by atoms with Gasteiger partial charge in [-0.05, 0) is 25.1 Å². The van der Waals surface area contributed by atoms with Crippen molar-refractivity contribution in [1.29, 1.82) is 0 Å². The van der Waals surface area contributed by atoms with Gasteiger partial charge in [-0.3, -0.25) is 14.9 Å². The van der Waals surface area contributed by atoms with Crippen LogP contribution in [0.25, 0.3) is 6.08 Å². The van der Waals surface area contributed by atoms with Crippen molar-refractivity contribution in [2.45, 2.75) is 6.92 Å². The molecule has 13 heavy (non-hydrogen) atoms. The Hall–Kier alpha value is -1.91. The minimum atomic E-state index is -0.634. The van der Waals surface area contributed by atoms with E-state index < -0.39 is 4.92 Å². The summed E-state index contributed by atoms with van der Waals surface area (Å²) in [6.45, 7) is 1.38. The highest BCUT2D eigenvalue weighted by atomic mass is 16.6. The molecule has 5 heteroatoms. The number of rotatable bonds is 3. The van der Waals surface area contributed by atoms with Gasteiger partial charge in [-0.1, -0.05) is 0 Å². The van der Waals surface area contributed by atoms with E-state index in [0.29, 0.717) is 5.76 Å². The van der Waals surface area contributed by atoms with E-state index in [4.69, 9.17) is 4.42 Å². The Kier molecular flexibility index (Phi) is 2.59. The fourth-order valence-corrected chi connectivity index (χ4v) is 0.729. The van der Waals surface area contributed by atoms with E-state index in [2.05, 4.69) is 0 Å². The predicted molar refractivity (Wildman–Crippen MR) is 45.1 cm³/mol. The van der Waals surface area contributed by atoms with Crippen LogP contribution in [0.4, 0.5) is 5.88 Å². The number of allylic oxidation sites excluding steroid dienone is 1. The molecule has 1 rings (SSSR count). The summed E-state index contributed by atoms with van der Waals surface area (Å²) < 4.78 is 4.76. The maximum absolute atomic E-state index is 10.5. The van der Waals surface area contributed by atoms with Gasteiger partial charge in [0.1, 0.15) is 10.7 Å². The fraction of sp³-hybridized carbons (Fsp3) is 0.125. The van der Waals surface area contributed by atoms with Crippen LogP contribution in [0.5, 0.6) is 0 Å².